The molecule has 0 bridgehead atoms. The smallest absolute Gasteiger partial charge is 0.338 e. The molecule has 0 radical (unpaired) electrons. The topological polar surface area (TPSA) is 58.6 Å². The molecule has 1 fully saturated rings. The van der Waals surface area contributed by atoms with Gasteiger partial charge in [-0.05, 0) is 31.5 Å². The summed E-state index contributed by atoms with van der Waals surface area (Å²) in [5.74, 6) is -1.99. The Hall–Kier alpha value is -1.62. The van der Waals surface area contributed by atoms with Crippen molar-refractivity contribution in [1.29, 1.82) is 0 Å². The van der Waals surface area contributed by atoms with Gasteiger partial charge in [-0.3, -0.25) is 0 Å². The van der Waals surface area contributed by atoms with Gasteiger partial charge in [0.25, 0.3) is 0 Å². The number of nitrogens with one attached hydrogen (secondary N) is 1. The molecule has 92 valence electrons. The second kappa shape index (κ2) is 4.71. The monoisotopic (exact) mass is 239 g/mol. The molecule has 0 spiro atoms. The van der Waals surface area contributed by atoms with Crippen LogP contribution in [0.3, 0.4) is 0 Å². The number of hydrogen-bond acceptors (Lipinski definition) is 3. The average Bonchev–Trinajstić information content (AvgIpc) is 2.67. The zero-order valence-corrected chi connectivity index (χ0v) is 9.44. The minimum Gasteiger partial charge on any atom is -0.478 e. The number of benzene rings is 1. The quantitative estimate of drug-likeness (QED) is 0.848. The third kappa shape index (κ3) is 2.55. The second-order valence-electron chi connectivity index (χ2n) is 4.12. The summed E-state index contributed by atoms with van der Waals surface area (Å²) >= 11 is 0. The number of halogens is 1. The fourth-order valence-corrected chi connectivity index (χ4v) is 1.91. The number of carboxylic acids is 1. The SMILES string of the molecule is CC1OCCC1Nc1ccc(F)c(C(=O)O)c1. The summed E-state index contributed by atoms with van der Waals surface area (Å²) in [6.45, 7) is 2.64. The van der Waals surface area contributed by atoms with E-state index in [4.69, 9.17) is 9.84 Å². The molecular weight excluding hydrogens is 225 g/mol. The van der Waals surface area contributed by atoms with Crippen molar-refractivity contribution in [1.82, 2.24) is 0 Å². The highest BCUT2D eigenvalue weighted by atomic mass is 19.1. The Kier molecular flexibility index (Phi) is 3.28. The van der Waals surface area contributed by atoms with Crippen molar-refractivity contribution in [2.45, 2.75) is 25.5 Å². The summed E-state index contributed by atoms with van der Waals surface area (Å²) < 4.78 is 18.6. The van der Waals surface area contributed by atoms with E-state index in [9.17, 15) is 9.18 Å². The van der Waals surface area contributed by atoms with Crippen LogP contribution in [0.15, 0.2) is 18.2 Å². The fraction of sp³-hybridized carbons (Fsp3) is 0.417. The van der Waals surface area contributed by atoms with Gasteiger partial charge in [0.2, 0.25) is 0 Å². The molecule has 1 saturated heterocycles. The maximum Gasteiger partial charge on any atom is 0.338 e. The van der Waals surface area contributed by atoms with E-state index in [1.165, 1.54) is 12.1 Å². The van der Waals surface area contributed by atoms with Crippen LogP contribution >= 0.6 is 0 Å². The van der Waals surface area contributed by atoms with Crippen molar-refractivity contribution in [3.05, 3.63) is 29.6 Å². The lowest BCUT2D eigenvalue weighted by Gasteiger charge is -2.17. The summed E-state index contributed by atoms with van der Waals surface area (Å²) in [5.41, 5.74) is 0.285. The highest BCUT2D eigenvalue weighted by molar-refractivity contribution is 5.89. The van der Waals surface area contributed by atoms with E-state index in [0.29, 0.717) is 12.3 Å². The molecule has 5 heteroatoms. The zero-order valence-electron chi connectivity index (χ0n) is 9.44. The first kappa shape index (κ1) is 11.9. The number of rotatable bonds is 3. The molecule has 2 rings (SSSR count). The van der Waals surface area contributed by atoms with Gasteiger partial charge in [0.1, 0.15) is 5.82 Å². The van der Waals surface area contributed by atoms with E-state index in [1.54, 1.807) is 0 Å². The van der Waals surface area contributed by atoms with Crippen LogP contribution in [-0.2, 0) is 4.74 Å². The van der Waals surface area contributed by atoms with Crippen molar-refractivity contribution in [2.75, 3.05) is 11.9 Å². The normalized spacial score (nSPS) is 23.6. The molecule has 2 N–H and O–H groups in total. The molecule has 1 aliphatic rings. The van der Waals surface area contributed by atoms with E-state index in [2.05, 4.69) is 5.32 Å². The van der Waals surface area contributed by atoms with E-state index in [1.807, 2.05) is 6.92 Å². The summed E-state index contributed by atoms with van der Waals surface area (Å²) in [6, 6.07) is 4.14. The lowest BCUT2D eigenvalue weighted by Crippen LogP contribution is -2.26. The van der Waals surface area contributed by atoms with E-state index >= 15 is 0 Å². The predicted octanol–water partition coefficient (Wildman–Crippen LogP) is 2.11. The molecule has 1 aliphatic heterocycles. The van der Waals surface area contributed by atoms with Gasteiger partial charge in [-0.2, -0.15) is 0 Å². The van der Waals surface area contributed by atoms with Gasteiger partial charge < -0.3 is 15.2 Å². The molecule has 1 heterocycles. The van der Waals surface area contributed by atoms with Crippen LogP contribution in [0.4, 0.5) is 10.1 Å². The maximum atomic E-state index is 13.2. The Morgan fingerprint density at radius 3 is 2.94 bits per heavy atom. The molecule has 2 atom stereocenters. The molecule has 2 unspecified atom stereocenters. The summed E-state index contributed by atoms with van der Waals surface area (Å²) in [6.07, 6.45) is 0.939. The second-order valence-corrected chi connectivity index (χ2v) is 4.12. The molecule has 0 amide bonds. The minimum absolute atomic E-state index is 0.0772. The van der Waals surface area contributed by atoms with Crippen molar-refractivity contribution < 1.29 is 19.0 Å². The van der Waals surface area contributed by atoms with Crippen LogP contribution in [-0.4, -0.2) is 29.8 Å². The number of aromatic carboxylic acids is 1. The number of anilines is 1. The van der Waals surface area contributed by atoms with Gasteiger partial charge in [-0.1, -0.05) is 0 Å². The minimum atomic E-state index is -1.26. The first-order chi connectivity index (χ1) is 8.08. The predicted molar refractivity (Wildman–Crippen MR) is 60.8 cm³/mol. The van der Waals surface area contributed by atoms with Crippen molar-refractivity contribution in [3.63, 3.8) is 0 Å². The van der Waals surface area contributed by atoms with Gasteiger partial charge in [0.05, 0.1) is 17.7 Å². The Morgan fingerprint density at radius 2 is 2.35 bits per heavy atom. The Labute approximate surface area is 98.4 Å². The summed E-state index contributed by atoms with van der Waals surface area (Å²) in [5, 5.41) is 12.0. The fourth-order valence-electron chi connectivity index (χ4n) is 1.91. The summed E-state index contributed by atoms with van der Waals surface area (Å²) in [7, 11) is 0. The Morgan fingerprint density at radius 1 is 1.59 bits per heavy atom. The molecule has 0 aliphatic carbocycles. The van der Waals surface area contributed by atoms with Crippen molar-refractivity contribution in [3.8, 4) is 0 Å². The van der Waals surface area contributed by atoms with E-state index in [0.717, 1.165) is 12.5 Å². The highest BCUT2D eigenvalue weighted by Crippen LogP contribution is 2.21. The van der Waals surface area contributed by atoms with Crippen molar-refractivity contribution >= 4 is 11.7 Å². The van der Waals surface area contributed by atoms with Gasteiger partial charge in [0.15, 0.2) is 0 Å². The highest BCUT2D eigenvalue weighted by Gasteiger charge is 2.24. The number of carboxylic acid groups (broad SMARTS) is 1. The standard InChI is InChI=1S/C12H14FNO3/c1-7-11(4-5-17-7)14-8-2-3-10(13)9(6-8)12(15)16/h2-3,6-7,11,14H,4-5H2,1H3,(H,15,16). The van der Waals surface area contributed by atoms with E-state index in [-0.39, 0.29) is 17.7 Å². The van der Waals surface area contributed by atoms with Crippen LogP contribution in [0.25, 0.3) is 0 Å². The van der Waals surface area contributed by atoms with Crippen LogP contribution in [0, 0.1) is 5.82 Å². The van der Waals surface area contributed by atoms with E-state index < -0.39 is 11.8 Å². The lowest BCUT2D eigenvalue weighted by atomic mass is 10.1. The first-order valence-corrected chi connectivity index (χ1v) is 5.49. The van der Waals surface area contributed by atoms with Gasteiger partial charge in [-0.15, -0.1) is 0 Å². The number of hydrogen-bond donors (Lipinski definition) is 2. The first-order valence-electron chi connectivity index (χ1n) is 5.49. The number of carbonyl (C=O) groups is 1. The third-order valence-corrected chi connectivity index (χ3v) is 2.93. The summed E-state index contributed by atoms with van der Waals surface area (Å²) in [4.78, 5) is 10.8. The Bertz CT molecular complexity index is 436. The third-order valence-electron chi connectivity index (χ3n) is 2.93. The molecule has 1 aromatic rings. The Balaban J connectivity index is 2.16. The number of ether oxygens (including phenoxy) is 1. The molecule has 0 aromatic heterocycles. The van der Waals surface area contributed by atoms with Gasteiger partial charge in [0, 0.05) is 12.3 Å². The lowest BCUT2D eigenvalue weighted by molar-refractivity contribution is 0.0692. The molecule has 1 aromatic carbocycles. The average molecular weight is 239 g/mol. The maximum absolute atomic E-state index is 13.2. The van der Waals surface area contributed by atoms with Crippen LogP contribution in [0.2, 0.25) is 0 Å². The molecular formula is C12H14FNO3. The van der Waals surface area contributed by atoms with Crippen LogP contribution < -0.4 is 5.32 Å². The molecule has 17 heavy (non-hydrogen) atoms. The molecule has 4 nitrogen and oxygen atoms in total. The van der Waals surface area contributed by atoms with Crippen molar-refractivity contribution in [2.24, 2.45) is 0 Å². The van der Waals surface area contributed by atoms with Crippen LogP contribution in [0.5, 0.6) is 0 Å². The van der Waals surface area contributed by atoms with Gasteiger partial charge >= 0.3 is 5.97 Å². The molecule has 0 saturated carbocycles. The zero-order chi connectivity index (χ0) is 12.4. The van der Waals surface area contributed by atoms with Crippen LogP contribution in [0.1, 0.15) is 23.7 Å². The largest absolute Gasteiger partial charge is 0.478 e. The van der Waals surface area contributed by atoms with Gasteiger partial charge in [-0.25, -0.2) is 9.18 Å².